The maximum Gasteiger partial charge on any atom is 0.0640 e. The maximum absolute atomic E-state index is 2.50. The van der Waals surface area contributed by atoms with Gasteiger partial charge < -0.3 is 9.47 Å². The summed E-state index contributed by atoms with van der Waals surface area (Å²) in [5.41, 5.74) is 16.4. The summed E-state index contributed by atoms with van der Waals surface area (Å²) in [6, 6.07) is 88.4. The summed E-state index contributed by atoms with van der Waals surface area (Å²) in [6.07, 6.45) is 0. The van der Waals surface area contributed by atoms with Crippen molar-refractivity contribution in [1.29, 1.82) is 0 Å². The molecular weight excluding hydrogens is 781 g/mol. The van der Waals surface area contributed by atoms with E-state index in [2.05, 4.69) is 252 Å². The molecule has 0 aliphatic heterocycles. The van der Waals surface area contributed by atoms with Gasteiger partial charge in [0.1, 0.15) is 0 Å². The second-order valence-electron chi connectivity index (χ2n) is 16.0. The van der Waals surface area contributed by atoms with Crippen LogP contribution in [0.3, 0.4) is 0 Å². The molecule has 2 nitrogen and oxygen atoms in total. The molecule has 0 unspecified atom stereocenters. The molecule has 10 aromatic carbocycles. The highest BCUT2D eigenvalue weighted by Gasteiger charge is 2.25. The number of fused-ring (bicyclic) bond motifs is 6. The van der Waals surface area contributed by atoms with Gasteiger partial charge in [0.05, 0.1) is 27.1 Å². The van der Waals surface area contributed by atoms with E-state index in [0.717, 1.165) is 22.7 Å². The fourth-order valence-corrected chi connectivity index (χ4v) is 10.8. The first kappa shape index (κ1) is 36.8. The molecule has 0 bridgehead atoms. The molecule has 0 amide bonds. The van der Waals surface area contributed by atoms with Crippen molar-refractivity contribution in [2.45, 2.75) is 0 Å². The third kappa shape index (κ3) is 6.33. The Balaban J connectivity index is 1.08. The molecule has 0 aliphatic carbocycles. The van der Waals surface area contributed by atoms with E-state index in [0.29, 0.717) is 0 Å². The van der Waals surface area contributed by atoms with E-state index >= 15 is 0 Å². The molecular formula is C60H40N2S. The predicted molar refractivity (Wildman–Crippen MR) is 270 cm³/mol. The zero-order chi connectivity index (χ0) is 41.7. The van der Waals surface area contributed by atoms with Crippen LogP contribution in [0.5, 0.6) is 0 Å². The Kier molecular flexibility index (Phi) is 9.06. The van der Waals surface area contributed by atoms with Crippen LogP contribution in [0, 0.1) is 0 Å². The number of anilines is 3. The molecule has 0 fully saturated rings. The van der Waals surface area contributed by atoms with Gasteiger partial charge in [0.15, 0.2) is 0 Å². The third-order valence-electron chi connectivity index (χ3n) is 12.4. The average Bonchev–Trinajstić information content (AvgIpc) is 3.91. The molecule has 0 saturated heterocycles. The van der Waals surface area contributed by atoms with Crippen LogP contribution in [0.1, 0.15) is 0 Å². The summed E-state index contributed by atoms with van der Waals surface area (Å²) in [5.74, 6) is 0. The van der Waals surface area contributed by atoms with E-state index < -0.39 is 0 Å². The Morgan fingerprint density at radius 1 is 0.333 bits per heavy atom. The SMILES string of the molecule is c1ccc(-c2ccccc2-c2c(-c3ccccc3)cccc2N(c2ccc(-c3ccc4c(c3)c3ccccc3n4-c3ccccc3)cc2)c2cccc3c2sc2ccccc23)cc1. The number of aromatic nitrogens is 1. The number of thiophene rings is 1. The number of nitrogens with zero attached hydrogens (tertiary/aromatic N) is 2. The highest BCUT2D eigenvalue weighted by Crippen LogP contribution is 2.51. The number of hydrogen-bond donors (Lipinski definition) is 0. The molecule has 0 saturated carbocycles. The predicted octanol–water partition coefficient (Wildman–Crippen LogP) is 17.3. The fourth-order valence-electron chi connectivity index (χ4n) is 9.57. The number of rotatable bonds is 8. The first-order valence-corrected chi connectivity index (χ1v) is 22.3. The molecule has 2 aromatic heterocycles. The topological polar surface area (TPSA) is 8.17 Å². The van der Waals surface area contributed by atoms with Crippen molar-refractivity contribution in [2.24, 2.45) is 0 Å². The maximum atomic E-state index is 2.50. The Morgan fingerprint density at radius 3 is 1.67 bits per heavy atom. The average molecular weight is 821 g/mol. The van der Waals surface area contributed by atoms with Gasteiger partial charge in [-0.3, -0.25) is 0 Å². The molecule has 2 heterocycles. The first-order chi connectivity index (χ1) is 31.3. The van der Waals surface area contributed by atoms with Crippen molar-refractivity contribution in [2.75, 3.05) is 4.90 Å². The summed E-state index contributed by atoms with van der Waals surface area (Å²) < 4.78 is 4.92. The van der Waals surface area contributed by atoms with Gasteiger partial charge >= 0.3 is 0 Å². The molecule has 0 radical (unpaired) electrons. The Bertz CT molecular complexity index is 3600. The van der Waals surface area contributed by atoms with Crippen LogP contribution in [0.25, 0.3) is 92.2 Å². The number of benzene rings is 10. The molecule has 0 atom stereocenters. The summed E-state index contributed by atoms with van der Waals surface area (Å²) in [7, 11) is 0. The second-order valence-corrected chi connectivity index (χ2v) is 17.1. The van der Waals surface area contributed by atoms with Crippen molar-refractivity contribution < 1.29 is 0 Å². The molecule has 0 aliphatic rings. The minimum Gasteiger partial charge on any atom is -0.309 e. The van der Waals surface area contributed by atoms with Crippen LogP contribution in [0.2, 0.25) is 0 Å². The summed E-state index contributed by atoms with van der Waals surface area (Å²) >= 11 is 1.87. The quantitative estimate of drug-likeness (QED) is 0.148. The van der Waals surface area contributed by atoms with Crippen LogP contribution in [0.15, 0.2) is 243 Å². The van der Waals surface area contributed by atoms with Crippen LogP contribution in [-0.2, 0) is 0 Å². The summed E-state index contributed by atoms with van der Waals surface area (Å²) in [4.78, 5) is 2.50. The van der Waals surface area contributed by atoms with E-state index in [4.69, 9.17) is 0 Å². The third-order valence-corrected chi connectivity index (χ3v) is 13.6. The lowest BCUT2D eigenvalue weighted by Gasteiger charge is -2.30. The van der Waals surface area contributed by atoms with Crippen molar-refractivity contribution >= 4 is 70.4 Å². The van der Waals surface area contributed by atoms with Crippen molar-refractivity contribution in [3.05, 3.63) is 243 Å². The van der Waals surface area contributed by atoms with Crippen LogP contribution >= 0.6 is 11.3 Å². The van der Waals surface area contributed by atoms with Gasteiger partial charge in [-0.1, -0.05) is 182 Å². The van der Waals surface area contributed by atoms with E-state index in [1.54, 1.807) is 0 Å². The van der Waals surface area contributed by atoms with E-state index in [-0.39, 0.29) is 0 Å². The Labute approximate surface area is 370 Å². The smallest absolute Gasteiger partial charge is 0.0640 e. The summed E-state index contributed by atoms with van der Waals surface area (Å²) in [5, 5.41) is 5.04. The minimum atomic E-state index is 1.09. The Morgan fingerprint density at radius 2 is 0.889 bits per heavy atom. The molecule has 12 aromatic rings. The lowest BCUT2D eigenvalue weighted by atomic mass is 9.87. The van der Waals surface area contributed by atoms with Gasteiger partial charge in [-0.2, -0.15) is 0 Å². The standard InChI is InChI=1S/C60H40N2S/c1-4-18-42(19-5-1)47-24-10-11-27-51(47)59-48(43-20-6-2-7-21-43)28-16-31-56(59)62(57-32-17-29-52-50-26-13-15-33-58(50)63-60(52)57)46-37-34-41(35-38-46)44-36-39-55-53(40-44)49-25-12-14-30-54(49)61(55)45-22-8-3-9-23-45/h1-40H. The second kappa shape index (κ2) is 15.5. The van der Waals surface area contributed by atoms with Gasteiger partial charge in [-0.05, 0) is 99.6 Å². The van der Waals surface area contributed by atoms with Gasteiger partial charge in [-0.25, -0.2) is 0 Å². The van der Waals surface area contributed by atoms with Crippen LogP contribution in [-0.4, -0.2) is 4.57 Å². The summed E-state index contributed by atoms with van der Waals surface area (Å²) in [6.45, 7) is 0. The van der Waals surface area contributed by atoms with Crippen molar-refractivity contribution in [3.63, 3.8) is 0 Å². The van der Waals surface area contributed by atoms with Gasteiger partial charge in [-0.15, -0.1) is 11.3 Å². The lowest BCUT2D eigenvalue weighted by Crippen LogP contribution is -2.12. The normalized spacial score (nSPS) is 11.5. The van der Waals surface area contributed by atoms with Gasteiger partial charge in [0, 0.05) is 43.2 Å². The van der Waals surface area contributed by atoms with Crippen LogP contribution < -0.4 is 4.90 Å². The molecule has 12 rings (SSSR count). The van der Waals surface area contributed by atoms with Crippen molar-refractivity contribution in [3.8, 4) is 50.2 Å². The van der Waals surface area contributed by atoms with E-state index in [1.165, 1.54) is 86.5 Å². The number of hydrogen-bond acceptors (Lipinski definition) is 2. The highest BCUT2D eigenvalue weighted by molar-refractivity contribution is 7.26. The van der Waals surface area contributed by atoms with Gasteiger partial charge in [0.25, 0.3) is 0 Å². The molecule has 296 valence electrons. The van der Waals surface area contributed by atoms with Crippen molar-refractivity contribution in [1.82, 2.24) is 4.57 Å². The molecule has 3 heteroatoms. The zero-order valence-corrected chi connectivity index (χ0v) is 35.2. The molecule has 0 N–H and O–H groups in total. The molecule has 63 heavy (non-hydrogen) atoms. The van der Waals surface area contributed by atoms with Crippen LogP contribution in [0.4, 0.5) is 17.1 Å². The van der Waals surface area contributed by atoms with E-state index in [9.17, 15) is 0 Å². The minimum absolute atomic E-state index is 1.09. The monoisotopic (exact) mass is 820 g/mol. The fraction of sp³-hybridized carbons (Fsp3) is 0. The largest absolute Gasteiger partial charge is 0.309 e. The van der Waals surface area contributed by atoms with E-state index in [1.807, 2.05) is 11.3 Å². The highest BCUT2D eigenvalue weighted by atomic mass is 32.1. The zero-order valence-electron chi connectivity index (χ0n) is 34.4. The molecule has 0 spiro atoms. The Hall–Kier alpha value is -7.98. The lowest BCUT2D eigenvalue weighted by molar-refractivity contribution is 1.18. The number of para-hydroxylation sites is 2. The van der Waals surface area contributed by atoms with Gasteiger partial charge in [0.2, 0.25) is 0 Å². The first-order valence-electron chi connectivity index (χ1n) is 21.5.